The number of piperidine rings is 2. The van der Waals surface area contributed by atoms with E-state index in [0.29, 0.717) is 18.9 Å². The summed E-state index contributed by atoms with van der Waals surface area (Å²) in [5, 5.41) is 5.83. The van der Waals surface area contributed by atoms with Gasteiger partial charge in [0.15, 0.2) is 0 Å². The van der Waals surface area contributed by atoms with Crippen LogP contribution in [0.5, 0.6) is 0 Å². The minimum atomic E-state index is -0.315. The first kappa shape index (κ1) is 18.4. The van der Waals surface area contributed by atoms with Crippen LogP contribution in [0.3, 0.4) is 0 Å². The molecule has 146 valence electrons. The van der Waals surface area contributed by atoms with Crippen molar-refractivity contribution in [3.63, 3.8) is 0 Å². The van der Waals surface area contributed by atoms with E-state index in [2.05, 4.69) is 27.7 Å². The fraction of sp³-hybridized carbons (Fsp3) is 0.619. The third kappa shape index (κ3) is 4.50. The lowest BCUT2D eigenvalue weighted by atomic mass is 9.88. The third-order valence-electron chi connectivity index (χ3n) is 6.29. The maximum atomic E-state index is 12.0. The van der Waals surface area contributed by atoms with E-state index in [1.165, 1.54) is 64.0 Å². The highest BCUT2D eigenvalue weighted by molar-refractivity contribution is 6.05. The van der Waals surface area contributed by atoms with Gasteiger partial charge in [-0.25, -0.2) is 4.79 Å². The normalized spacial score (nSPS) is 23.5. The maximum Gasteiger partial charge on any atom is 0.328 e. The monoisotopic (exact) mass is 370 g/mol. The van der Waals surface area contributed by atoms with Crippen LogP contribution >= 0.6 is 0 Å². The summed E-state index contributed by atoms with van der Waals surface area (Å²) < 4.78 is 0. The number of carbonyl (C=O) groups excluding carboxylic acids is 2. The van der Waals surface area contributed by atoms with E-state index in [0.717, 1.165) is 11.6 Å². The number of amides is 3. The summed E-state index contributed by atoms with van der Waals surface area (Å²) in [4.78, 5) is 27.6. The summed E-state index contributed by atoms with van der Waals surface area (Å²) in [5.74, 6) is 1.29. The molecule has 3 aliphatic heterocycles. The Morgan fingerprint density at radius 3 is 2.30 bits per heavy atom. The lowest BCUT2D eigenvalue weighted by Crippen LogP contribution is -2.49. The van der Waals surface area contributed by atoms with Gasteiger partial charge in [0, 0.05) is 25.2 Å². The average molecular weight is 370 g/mol. The number of nitrogens with zero attached hydrogens (tertiary/aromatic N) is 2. The molecule has 6 heteroatoms. The number of benzene rings is 1. The molecule has 1 aromatic carbocycles. The van der Waals surface area contributed by atoms with E-state index >= 15 is 0 Å². The summed E-state index contributed by atoms with van der Waals surface area (Å²) in [5.41, 5.74) is 2.24. The van der Waals surface area contributed by atoms with Crippen LogP contribution in [0.4, 0.5) is 10.5 Å². The minimum absolute atomic E-state index is 0.191. The van der Waals surface area contributed by atoms with Crippen LogP contribution in [-0.2, 0) is 4.79 Å². The molecule has 0 saturated carbocycles. The number of imide groups is 1. The van der Waals surface area contributed by atoms with Crippen LogP contribution in [0.2, 0.25) is 0 Å². The molecule has 2 N–H and O–H groups in total. The van der Waals surface area contributed by atoms with Gasteiger partial charge in [-0.3, -0.25) is 15.0 Å². The van der Waals surface area contributed by atoms with Gasteiger partial charge in [0.25, 0.3) is 0 Å². The number of anilines is 1. The van der Waals surface area contributed by atoms with Gasteiger partial charge in [0.1, 0.15) is 0 Å². The van der Waals surface area contributed by atoms with E-state index in [9.17, 15) is 9.59 Å². The molecule has 3 aliphatic rings. The van der Waals surface area contributed by atoms with Gasteiger partial charge in [0.2, 0.25) is 5.91 Å². The topological polar surface area (TPSA) is 64.7 Å². The molecule has 6 nitrogen and oxygen atoms in total. The SMILES string of the molecule is O=C1CCN(c2ccc(C3CCN(CC4CCNCC4)CC3)cc2)C(=O)N1. The van der Waals surface area contributed by atoms with Crippen molar-refractivity contribution in [1.82, 2.24) is 15.5 Å². The second-order valence-electron chi connectivity index (χ2n) is 8.11. The van der Waals surface area contributed by atoms with Crippen molar-refractivity contribution in [1.29, 1.82) is 0 Å². The largest absolute Gasteiger partial charge is 0.328 e. The Morgan fingerprint density at radius 1 is 0.926 bits per heavy atom. The molecule has 0 aromatic heterocycles. The van der Waals surface area contributed by atoms with Crippen LogP contribution in [0.15, 0.2) is 24.3 Å². The average Bonchev–Trinajstić information content (AvgIpc) is 2.70. The fourth-order valence-corrected chi connectivity index (χ4v) is 4.62. The highest BCUT2D eigenvalue weighted by Crippen LogP contribution is 2.30. The molecule has 0 bridgehead atoms. The summed E-state index contributed by atoms with van der Waals surface area (Å²) in [6, 6.07) is 8.04. The molecule has 3 saturated heterocycles. The van der Waals surface area contributed by atoms with Crippen LogP contribution in [-0.4, -0.2) is 56.1 Å². The molecule has 4 rings (SSSR count). The lowest BCUT2D eigenvalue weighted by molar-refractivity contribution is -0.120. The Hall–Kier alpha value is -1.92. The van der Waals surface area contributed by atoms with E-state index in [1.54, 1.807) is 4.90 Å². The van der Waals surface area contributed by atoms with Crippen molar-refractivity contribution in [2.75, 3.05) is 44.2 Å². The summed E-state index contributed by atoms with van der Waals surface area (Å²) >= 11 is 0. The van der Waals surface area contributed by atoms with E-state index in [4.69, 9.17) is 0 Å². The molecule has 3 amide bonds. The van der Waals surface area contributed by atoms with E-state index < -0.39 is 0 Å². The van der Waals surface area contributed by atoms with Gasteiger partial charge in [-0.05, 0) is 81.4 Å². The Balaban J connectivity index is 1.29. The number of nitrogens with one attached hydrogen (secondary N) is 2. The standard InChI is InChI=1S/C21H30N4O2/c26-20-9-14-25(21(27)23-20)19-3-1-17(2-4-19)18-7-12-24(13-8-18)15-16-5-10-22-11-6-16/h1-4,16,18,22H,5-15H2,(H,23,26,27). The smallest absolute Gasteiger partial charge is 0.317 e. The summed E-state index contributed by atoms with van der Waals surface area (Å²) in [6.07, 6.45) is 5.42. The fourth-order valence-electron chi connectivity index (χ4n) is 4.62. The molecule has 0 aliphatic carbocycles. The highest BCUT2D eigenvalue weighted by Gasteiger charge is 2.26. The number of carbonyl (C=O) groups is 2. The van der Waals surface area contributed by atoms with Crippen LogP contribution in [0, 0.1) is 5.92 Å². The zero-order valence-corrected chi connectivity index (χ0v) is 16.0. The van der Waals surface area contributed by atoms with Crippen molar-refractivity contribution in [3.05, 3.63) is 29.8 Å². The van der Waals surface area contributed by atoms with E-state index in [1.807, 2.05) is 12.1 Å². The van der Waals surface area contributed by atoms with Gasteiger partial charge < -0.3 is 10.2 Å². The molecule has 27 heavy (non-hydrogen) atoms. The maximum absolute atomic E-state index is 12.0. The third-order valence-corrected chi connectivity index (χ3v) is 6.29. The van der Waals surface area contributed by atoms with Crippen LogP contribution in [0.1, 0.15) is 43.6 Å². The Kier molecular flexibility index (Phi) is 5.74. The van der Waals surface area contributed by atoms with Crippen LogP contribution in [0.25, 0.3) is 0 Å². The predicted octanol–water partition coefficient (Wildman–Crippen LogP) is 2.31. The first-order valence-electron chi connectivity index (χ1n) is 10.3. The molecule has 0 unspecified atom stereocenters. The van der Waals surface area contributed by atoms with Gasteiger partial charge in [-0.15, -0.1) is 0 Å². The van der Waals surface area contributed by atoms with Crippen molar-refractivity contribution in [2.24, 2.45) is 5.92 Å². The second-order valence-corrected chi connectivity index (χ2v) is 8.11. The second kappa shape index (κ2) is 8.40. The number of rotatable bonds is 4. The molecule has 3 fully saturated rings. The highest BCUT2D eigenvalue weighted by atomic mass is 16.2. The molecule has 0 spiro atoms. The van der Waals surface area contributed by atoms with Gasteiger partial charge >= 0.3 is 6.03 Å². The first-order valence-corrected chi connectivity index (χ1v) is 10.3. The van der Waals surface area contributed by atoms with Crippen LogP contribution < -0.4 is 15.5 Å². The Bertz CT molecular complexity index is 661. The van der Waals surface area contributed by atoms with Crippen molar-refractivity contribution in [3.8, 4) is 0 Å². The number of likely N-dealkylation sites (tertiary alicyclic amines) is 1. The number of hydrogen-bond acceptors (Lipinski definition) is 4. The zero-order chi connectivity index (χ0) is 18.6. The molecule has 0 radical (unpaired) electrons. The first-order chi connectivity index (χ1) is 13.2. The quantitative estimate of drug-likeness (QED) is 0.854. The molecular weight excluding hydrogens is 340 g/mol. The van der Waals surface area contributed by atoms with E-state index in [-0.39, 0.29) is 11.9 Å². The van der Waals surface area contributed by atoms with Crippen molar-refractivity contribution in [2.45, 2.75) is 38.0 Å². The van der Waals surface area contributed by atoms with Crippen molar-refractivity contribution < 1.29 is 9.59 Å². The molecule has 0 atom stereocenters. The van der Waals surface area contributed by atoms with Gasteiger partial charge in [0.05, 0.1) is 0 Å². The van der Waals surface area contributed by atoms with Crippen molar-refractivity contribution >= 4 is 17.6 Å². The molecule has 3 heterocycles. The number of hydrogen-bond donors (Lipinski definition) is 2. The Morgan fingerprint density at radius 2 is 1.63 bits per heavy atom. The zero-order valence-electron chi connectivity index (χ0n) is 16.0. The predicted molar refractivity (Wildman–Crippen MR) is 106 cm³/mol. The lowest BCUT2D eigenvalue weighted by Gasteiger charge is -2.35. The number of urea groups is 1. The minimum Gasteiger partial charge on any atom is -0.317 e. The van der Waals surface area contributed by atoms with Gasteiger partial charge in [-0.2, -0.15) is 0 Å². The molecule has 1 aromatic rings. The molecular formula is C21H30N4O2. The summed E-state index contributed by atoms with van der Waals surface area (Å²) in [6.45, 7) is 6.45. The van der Waals surface area contributed by atoms with Gasteiger partial charge in [-0.1, -0.05) is 12.1 Å². The summed E-state index contributed by atoms with van der Waals surface area (Å²) in [7, 11) is 0. The Labute approximate surface area is 161 Å².